The molecule has 0 radical (unpaired) electrons. The maximum Gasteiger partial charge on any atom is 0.0610 e. The molecular formula is C17H25NO. The quantitative estimate of drug-likeness (QED) is 0.723. The van der Waals surface area contributed by atoms with E-state index >= 15 is 0 Å². The third kappa shape index (κ3) is 3.26. The van der Waals surface area contributed by atoms with Crippen molar-refractivity contribution in [2.45, 2.75) is 32.1 Å². The number of hydrogen-bond donors (Lipinski definition) is 1. The summed E-state index contributed by atoms with van der Waals surface area (Å²) in [5.41, 5.74) is 2.74. The number of unbranched alkanes of at least 4 members (excludes halogenated alkanes) is 1. The Morgan fingerprint density at radius 1 is 1.21 bits per heavy atom. The first kappa shape index (κ1) is 14.3. The molecule has 1 N–H and O–H groups in total. The minimum absolute atomic E-state index is 0.0142. The van der Waals surface area contributed by atoms with Crippen LogP contribution in [0.1, 0.15) is 37.8 Å². The van der Waals surface area contributed by atoms with E-state index in [0.29, 0.717) is 0 Å². The van der Waals surface area contributed by atoms with Gasteiger partial charge in [0.25, 0.3) is 0 Å². The fourth-order valence-electron chi connectivity index (χ4n) is 2.66. The van der Waals surface area contributed by atoms with E-state index in [2.05, 4.69) is 55.6 Å². The zero-order chi connectivity index (χ0) is 13.6. The van der Waals surface area contributed by atoms with Crippen molar-refractivity contribution in [3.8, 4) is 0 Å². The Hall–Kier alpha value is -1.12. The SMILES string of the molecule is CCCCNCC1(COCC)C=Cc2ccccc21. The lowest BCUT2D eigenvalue weighted by Crippen LogP contribution is -2.40. The second-order valence-electron chi connectivity index (χ2n) is 5.24. The van der Waals surface area contributed by atoms with Gasteiger partial charge in [-0.1, -0.05) is 49.8 Å². The molecule has 1 unspecified atom stereocenters. The van der Waals surface area contributed by atoms with Crippen LogP contribution in [0.15, 0.2) is 30.3 Å². The summed E-state index contributed by atoms with van der Waals surface area (Å²) in [6.07, 6.45) is 7.01. The monoisotopic (exact) mass is 259 g/mol. The van der Waals surface area contributed by atoms with Crippen molar-refractivity contribution in [1.82, 2.24) is 5.32 Å². The van der Waals surface area contributed by atoms with E-state index < -0.39 is 0 Å². The van der Waals surface area contributed by atoms with Gasteiger partial charge in [-0.2, -0.15) is 0 Å². The van der Waals surface area contributed by atoms with Crippen molar-refractivity contribution in [2.24, 2.45) is 0 Å². The number of ether oxygens (including phenoxy) is 1. The number of nitrogens with one attached hydrogen (secondary N) is 1. The van der Waals surface area contributed by atoms with Crippen molar-refractivity contribution in [3.63, 3.8) is 0 Å². The maximum atomic E-state index is 5.74. The summed E-state index contributed by atoms with van der Waals surface area (Å²) in [6, 6.07) is 8.64. The summed E-state index contributed by atoms with van der Waals surface area (Å²) in [4.78, 5) is 0. The van der Waals surface area contributed by atoms with E-state index in [9.17, 15) is 0 Å². The van der Waals surface area contributed by atoms with E-state index in [0.717, 1.165) is 26.3 Å². The van der Waals surface area contributed by atoms with Gasteiger partial charge in [-0.25, -0.2) is 0 Å². The van der Waals surface area contributed by atoms with E-state index in [4.69, 9.17) is 4.74 Å². The summed E-state index contributed by atoms with van der Waals surface area (Å²) < 4.78 is 5.74. The van der Waals surface area contributed by atoms with Crippen LogP contribution in [0, 0.1) is 0 Å². The highest BCUT2D eigenvalue weighted by Crippen LogP contribution is 2.35. The van der Waals surface area contributed by atoms with E-state index in [1.807, 2.05) is 0 Å². The zero-order valence-corrected chi connectivity index (χ0v) is 12.1. The molecule has 0 fully saturated rings. The average molecular weight is 259 g/mol. The predicted octanol–water partition coefficient (Wildman–Crippen LogP) is 3.38. The summed E-state index contributed by atoms with van der Waals surface area (Å²) in [5, 5.41) is 3.59. The highest BCUT2D eigenvalue weighted by atomic mass is 16.5. The molecule has 1 aromatic carbocycles. The van der Waals surface area contributed by atoms with Crippen LogP contribution in [-0.2, 0) is 10.2 Å². The van der Waals surface area contributed by atoms with Gasteiger partial charge < -0.3 is 10.1 Å². The predicted molar refractivity (Wildman–Crippen MR) is 81.4 cm³/mol. The topological polar surface area (TPSA) is 21.3 Å². The molecule has 2 heteroatoms. The van der Waals surface area contributed by atoms with Crippen molar-refractivity contribution in [1.29, 1.82) is 0 Å². The molecule has 1 aromatic rings. The molecular weight excluding hydrogens is 234 g/mol. The first-order chi connectivity index (χ1) is 9.32. The summed E-state index contributed by atoms with van der Waals surface area (Å²) >= 11 is 0. The van der Waals surface area contributed by atoms with Crippen LogP contribution in [0.4, 0.5) is 0 Å². The minimum Gasteiger partial charge on any atom is -0.380 e. The Balaban J connectivity index is 2.10. The van der Waals surface area contributed by atoms with Crippen LogP contribution >= 0.6 is 0 Å². The van der Waals surface area contributed by atoms with Crippen LogP contribution in [-0.4, -0.2) is 26.3 Å². The molecule has 1 atom stereocenters. The Bertz CT molecular complexity index is 427. The van der Waals surface area contributed by atoms with Crippen LogP contribution in [0.2, 0.25) is 0 Å². The van der Waals surface area contributed by atoms with Crippen molar-refractivity contribution < 1.29 is 4.74 Å². The summed E-state index contributed by atoms with van der Waals surface area (Å²) in [5.74, 6) is 0. The van der Waals surface area contributed by atoms with Gasteiger partial charge in [-0.3, -0.25) is 0 Å². The Morgan fingerprint density at radius 3 is 2.84 bits per heavy atom. The van der Waals surface area contributed by atoms with Gasteiger partial charge in [0.05, 0.1) is 6.61 Å². The molecule has 0 heterocycles. The van der Waals surface area contributed by atoms with Gasteiger partial charge in [-0.15, -0.1) is 0 Å². The van der Waals surface area contributed by atoms with Crippen molar-refractivity contribution in [2.75, 3.05) is 26.3 Å². The minimum atomic E-state index is 0.0142. The van der Waals surface area contributed by atoms with Gasteiger partial charge in [0, 0.05) is 18.6 Å². The summed E-state index contributed by atoms with van der Waals surface area (Å²) in [7, 11) is 0. The van der Waals surface area contributed by atoms with E-state index in [1.54, 1.807) is 0 Å². The average Bonchev–Trinajstić information content (AvgIpc) is 2.81. The second kappa shape index (κ2) is 6.88. The molecule has 19 heavy (non-hydrogen) atoms. The van der Waals surface area contributed by atoms with Gasteiger partial charge in [0.1, 0.15) is 0 Å². The number of hydrogen-bond acceptors (Lipinski definition) is 2. The van der Waals surface area contributed by atoms with Crippen LogP contribution in [0.3, 0.4) is 0 Å². The number of fused-ring (bicyclic) bond motifs is 1. The standard InChI is InChI=1S/C17H25NO/c1-3-5-12-18-13-17(14-19-4-2)11-10-15-8-6-7-9-16(15)17/h6-11,18H,3-5,12-14H2,1-2H3. The molecule has 2 nitrogen and oxygen atoms in total. The molecule has 0 saturated carbocycles. The molecule has 104 valence electrons. The van der Waals surface area contributed by atoms with Crippen molar-refractivity contribution >= 4 is 6.08 Å². The first-order valence-corrected chi connectivity index (χ1v) is 7.39. The summed E-state index contributed by atoms with van der Waals surface area (Å²) in [6.45, 7) is 7.86. The maximum absolute atomic E-state index is 5.74. The zero-order valence-electron chi connectivity index (χ0n) is 12.1. The van der Waals surface area contributed by atoms with E-state index in [-0.39, 0.29) is 5.41 Å². The van der Waals surface area contributed by atoms with Crippen LogP contribution < -0.4 is 5.32 Å². The lowest BCUT2D eigenvalue weighted by atomic mass is 9.83. The highest BCUT2D eigenvalue weighted by Gasteiger charge is 2.34. The van der Waals surface area contributed by atoms with Gasteiger partial charge in [0.15, 0.2) is 0 Å². The molecule has 1 aliphatic carbocycles. The van der Waals surface area contributed by atoms with Crippen molar-refractivity contribution in [3.05, 3.63) is 41.5 Å². The molecule has 1 aliphatic rings. The molecule has 2 rings (SSSR count). The first-order valence-electron chi connectivity index (χ1n) is 7.39. The fourth-order valence-corrected chi connectivity index (χ4v) is 2.66. The third-order valence-corrected chi connectivity index (χ3v) is 3.79. The second-order valence-corrected chi connectivity index (χ2v) is 5.24. The smallest absolute Gasteiger partial charge is 0.0610 e. The van der Waals surface area contributed by atoms with Gasteiger partial charge in [0.2, 0.25) is 0 Å². The molecule has 0 aliphatic heterocycles. The van der Waals surface area contributed by atoms with Crippen LogP contribution in [0.5, 0.6) is 0 Å². The molecule has 0 aromatic heterocycles. The lowest BCUT2D eigenvalue weighted by molar-refractivity contribution is 0.109. The molecule has 0 amide bonds. The normalized spacial score (nSPS) is 20.7. The van der Waals surface area contributed by atoms with Gasteiger partial charge >= 0.3 is 0 Å². The van der Waals surface area contributed by atoms with E-state index in [1.165, 1.54) is 24.0 Å². The fraction of sp³-hybridized carbons (Fsp3) is 0.529. The lowest BCUT2D eigenvalue weighted by Gasteiger charge is -2.29. The molecule has 0 bridgehead atoms. The number of rotatable bonds is 8. The largest absolute Gasteiger partial charge is 0.380 e. The Labute approximate surface area is 116 Å². The molecule has 0 saturated heterocycles. The Morgan fingerprint density at radius 2 is 2.05 bits per heavy atom. The highest BCUT2D eigenvalue weighted by molar-refractivity contribution is 5.65. The van der Waals surface area contributed by atoms with Gasteiger partial charge in [-0.05, 0) is 31.0 Å². The van der Waals surface area contributed by atoms with Crippen LogP contribution in [0.25, 0.3) is 6.08 Å². The molecule has 0 spiro atoms. The third-order valence-electron chi connectivity index (χ3n) is 3.79. The number of benzene rings is 1. The Kier molecular flexibility index (Phi) is 5.17.